The largest absolute Gasteiger partial charge is 0.398 e. The molecule has 0 aliphatic heterocycles. The number of hydrogen-bond acceptors (Lipinski definition) is 3. The fraction of sp³-hybridized carbons (Fsp3) is 0.533. The number of likely N-dealkylation sites (N-methyl/N-ethyl adjacent to an activating group) is 1. The SMILES string of the molecule is CCCN(CCN(C)C)C(=O)c1ccc(C)c(N)c1. The molecule has 19 heavy (non-hydrogen) atoms. The number of nitrogen functional groups attached to an aromatic ring is 1. The molecule has 1 aromatic rings. The van der Waals surface area contributed by atoms with E-state index in [-0.39, 0.29) is 5.91 Å². The lowest BCUT2D eigenvalue weighted by Gasteiger charge is -2.24. The van der Waals surface area contributed by atoms with Crippen molar-refractivity contribution in [3.8, 4) is 0 Å². The number of nitrogens with two attached hydrogens (primary N) is 1. The molecule has 0 unspecified atom stereocenters. The fourth-order valence-electron chi connectivity index (χ4n) is 1.86. The molecule has 4 nitrogen and oxygen atoms in total. The molecule has 4 heteroatoms. The highest BCUT2D eigenvalue weighted by Crippen LogP contribution is 2.15. The van der Waals surface area contributed by atoms with Gasteiger partial charge in [-0.1, -0.05) is 13.0 Å². The van der Waals surface area contributed by atoms with E-state index in [0.29, 0.717) is 11.3 Å². The van der Waals surface area contributed by atoms with E-state index in [9.17, 15) is 4.79 Å². The number of rotatable bonds is 6. The first-order valence-electron chi connectivity index (χ1n) is 6.75. The summed E-state index contributed by atoms with van der Waals surface area (Å²) in [6.07, 6.45) is 0.959. The average molecular weight is 263 g/mol. The number of hydrogen-bond donors (Lipinski definition) is 1. The third-order valence-electron chi connectivity index (χ3n) is 3.12. The second kappa shape index (κ2) is 7.14. The van der Waals surface area contributed by atoms with Crippen LogP contribution < -0.4 is 5.73 Å². The van der Waals surface area contributed by atoms with Gasteiger partial charge >= 0.3 is 0 Å². The molecule has 1 amide bonds. The molecule has 1 rings (SSSR count). The lowest BCUT2D eigenvalue weighted by atomic mass is 10.1. The van der Waals surface area contributed by atoms with Gasteiger partial charge in [0.25, 0.3) is 5.91 Å². The van der Waals surface area contributed by atoms with E-state index >= 15 is 0 Å². The molecule has 1 aromatic carbocycles. The van der Waals surface area contributed by atoms with Crippen molar-refractivity contribution in [1.29, 1.82) is 0 Å². The van der Waals surface area contributed by atoms with Crippen LogP contribution in [0.4, 0.5) is 5.69 Å². The summed E-state index contributed by atoms with van der Waals surface area (Å²) >= 11 is 0. The molecular formula is C15H25N3O. The minimum atomic E-state index is 0.0652. The van der Waals surface area contributed by atoms with E-state index in [0.717, 1.165) is 31.6 Å². The number of aryl methyl sites for hydroxylation is 1. The molecule has 0 saturated carbocycles. The third-order valence-corrected chi connectivity index (χ3v) is 3.12. The van der Waals surface area contributed by atoms with Crippen molar-refractivity contribution in [3.63, 3.8) is 0 Å². The maximum atomic E-state index is 12.5. The summed E-state index contributed by atoms with van der Waals surface area (Å²) in [7, 11) is 4.02. The quantitative estimate of drug-likeness (QED) is 0.799. The Bertz CT molecular complexity index is 429. The van der Waals surface area contributed by atoms with Crippen molar-refractivity contribution in [2.75, 3.05) is 39.5 Å². The van der Waals surface area contributed by atoms with Gasteiger partial charge in [0, 0.05) is 30.9 Å². The minimum Gasteiger partial charge on any atom is -0.398 e. The van der Waals surface area contributed by atoms with Crippen molar-refractivity contribution < 1.29 is 4.79 Å². The highest BCUT2D eigenvalue weighted by molar-refractivity contribution is 5.95. The monoisotopic (exact) mass is 263 g/mol. The second-order valence-corrected chi connectivity index (χ2v) is 5.17. The Hall–Kier alpha value is -1.55. The molecule has 0 saturated heterocycles. The molecule has 0 fully saturated rings. The Morgan fingerprint density at radius 1 is 1.21 bits per heavy atom. The molecule has 0 bridgehead atoms. The smallest absolute Gasteiger partial charge is 0.253 e. The predicted octanol–water partition coefficient (Wildman–Crippen LogP) is 1.99. The molecule has 0 heterocycles. The topological polar surface area (TPSA) is 49.6 Å². The van der Waals surface area contributed by atoms with Crippen LogP contribution in [0.15, 0.2) is 18.2 Å². The summed E-state index contributed by atoms with van der Waals surface area (Å²) in [6.45, 7) is 6.42. The number of carbonyl (C=O) groups is 1. The zero-order valence-electron chi connectivity index (χ0n) is 12.4. The first-order valence-corrected chi connectivity index (χ1v) is 6.75. The lowest BCUT2D eigenvalue weighted by Crippen LogP contribution is -2.37. The normalized spacial score (nSPS) is 10.8. The van der Waals surface area contributed by atoms with Gasteiger partial charge in [-0.25, -0.2) is 0 Å². The van der Waals surface area contributed by atoms with Gasteiger partial charge in [-0.05, 0) is 45.1 Å². The Morgan fingerprint density at radius 3 is 2.42 bits per heavy atom. The molecule has 106 valence electrons. The predicted molar refractivity (Wildman–Crippen MR) is 80.3 cm³/mol. The second-order valence-electron chi connectivity index (χ2n) is 5.17. The summed E-state index contributed by atoms with van der Waals surface area (Å²) in [4.78, 5) is 16.4. The standard InChI is InChI=1S/C15H25N3O/c1-5-8-18(10-9-17(3)4)15(19)13-7-6-12(2)14(16)11-13/h6-7,11H,5,8-10,16H2,1-4H3. The van der Waals surface area contributed by atoms with Crippen molar-refractivity contribution in [1.82, 2.24) is 9.80 Å². The van der Waals surface area contributed by atoms with Crippen molar-refractivity contribution in [2.45, 2.75) is 20.3 Å². The van der Waals surface area contributed by atoms with E-state index in [1.165, 1.54) is 0 Å². The van der Waals surface area contributed by atoms with Gasteiger partial charge in [0.2, 0.25) is 0 Å². The minimum absolute atomic E-state index is 0.0652. The number of anilines is 1. The van der Waals surface area contributed by atoms with Crippen LogP contribution in [0.5, 0.6) is 0 Å². The Kier molecular flexibility index (Phi) is 5.83. The molecule has 0 radical (unpaired) electrons. The van der Waals surface area contributed by atoms with Crippen LogP contribution in [0.3, 0.4) is 0 Å². The van der Waals surface area contributed by atoms with E-state index in [2.05, 4.69) is 11.8 Å². The van der Waals surface area contributed by atoms with Crippen molar-refractivity contribution in [2.24, 2.45) is 0 Å². The maximum Gasteiger partial charge on any atom is 0.253 e. The molecule has 0 aliphatic carbocycles. The Morgan fingerprint density at radius 2 is 1.89 bits per heavy atom. The van der Waals surface area contributed by atoms with Gasteiger partial charge in [-0.2, -0.15) is 0 Å². The summed E-state index contributed by atoms with van der Waals surface area (Å²) in [5.74, 6) is 0.0652. The molecule has 0 aromatic heterocycles. The van der Waals surface area contributed by atoms with Crippen LogP contribution in [0.25, 0.3) is 0 Å². The third kappa shape index (κ3) is 4.56. The number of carbonyl (C=O) groups excluding carboxylic acids is 1. The lowest BCUT2D eigenvalue weighted by molar-refractivity contribution is 0.0745. The van der Waals surface area contributed by atoms with E-state index < -0.39 is 0 Å². The average Bonchev–Trinajstić information content (AvgIpc) is 2.36. The van der Waals surface area contributed by atoms with E-state index in [1.807, 2.05) is 38.1 Å². The first kappa shape index (κ1) is 15.5. The summed E-state index contributed by atoms with van der Waals surface area (Å²) < 4.78 is 0. The van der Waals surface area contributed by atoms with Crippen molar-refractivity contribution in [3.05, 3.63) is 29.3 Å². The Labute approximate surface area is 116 Å². The van der Waals surface area contributed by atoms with E-state index in [4.69, 9.17) is 5.73 Å². The summed E-state index contributed by atoms with van der Waals surface area (Å²) in [5, 5.41) is 0. The van der Waals surface area contributed by atoms with Gasteiger partial charge in [0.1, 0.15) is 0 Å². The number of amides is 1. The molecular weight excluding hydrogens is 238 g/mol. The highest BCUT2D eigenvalue weighted by Gasteiger charge is 2.15. The van der Waals surface area contributed by atoms with Gasteiger partial charge < -0.3 is 15.5 Å². The summed E-state index contributed by atoms with van der Waals surface area (Å²) in [5.41, 5.74) is 8.23. The zero-order chi connectivity index (χ0) is 14.4. The Balaban J connectivity index is 2.82. The van der Waals surface area contributed by atoms with Crippen molar-refractivity contribution >= 4 is 11.6 Å². The van der Waals surface area contributed by atoms with Gasteiger partial charge in [0.15, 0.2) is 0 Å². The molecule has 0 aliphatic rings. The maximum absolute atomic E-state index is 12.5. The first-order chi connectivity index (χ1) is 8.95. The van der Waals surface area contributed by atoms with Gasteiger partial charge in [-0.15, -0.1) is 0 Å². The van der Waals surface area contributed by atoms with Crippen LogP contribution in [-0.2, 0) is 0 Å². The summed E-state index contributed by atoms with van der Waals surface area (Å²) in [6, 6.07) is 5.53. The zero-order valence-corrected chi connectivity index (χ0v) is 12.4. The fourth-order valence-corrected chi connectivity index (χ4v) is 1.86. The van der Waals surface area contributed by atoms with Crippen LogP contribution >= 0.6 is 0 Å². The van der Waals surface area contributed by atoms with Gasteiger partial charge in [0.05, 0.1) is 0 Å². The van der Waals surface area contributed by atoms with Crippen LogP contribution in [0, 0.1) is 6.92 Å². The van der Waals surface area contributed by atoms with E-state index in [1.54, 1.807) is 6.07 Å². The molecule has 0 atom stereocenters. The number of nitrogens with zero attached hydrogens (tertiary/aromatic N) is 2. The molecule has 0 spiro atoms. The molecule has 2 N–H and O–H groups in total. The van der Waals surface area contributed by atoms with Gasteiger partial charge in [-0.3, -0.25) is 4.79 Å². The van der Waals surface area contributed by atoms with Crippen LogP contribution in [0.1, 0.15) is 29.3 Å². The number of benzene rings is 1. The highest BCUT2D eigenvalue weighted by atomic mass is 16.2. The van der Waals surface area contributed by atoms with Crippen LogP contribution in [-0.4, -0.2) is 49.4 Å². The van der Waals surface area contributed by atoms with Crippen LogP contribution in [0.2, 0.25) is 0 Å².